The molecule has 3 rings (SSSR count). The zero-order valence-electron chi connectivity index (χ0n) is 11.1. The first kappa shape index (κ1) is 13.6. The smallest absolute Gasteiger partial charge is 0.124 e. The summed E-state index contributed by atoms with van der Waals surface area (Å²) in [4.78, 5) is -0.248. The largest absolute Gasteiger partial charge is 0.197 e. The molecule has 2 aromatic rings. The molecule has 0 spiro atoms. The number of benzene rings is 2. The lowest BCUT2D eigenvalue weighted by molar-refractivity contribution is 0.682. The van der Waals surface area contributed by atoms with Crippen molar-refractivity contribution in [2.45, 2.75) is 10.2 Å². The normalized spacial score (nSPS) is 23.4. The molecule has 0 saturated heterocycles. The third kappa shape index (κ3) is 1.90. The molecule has 2 nitrogen and oxygen atoms in total. The van der Waals surface area contributed by atoms with Crippen LogP contribution in [0.5, 0.6) is 0 Å². The van der Waals surface area contributed by atoms with Gasteiger partial charge in [0.1, 0.15) is 5.41 Å². The van der Waals surface area contributed by atoms with Gasteiger partial charge in [0.25, 0.3) is 0 Å². The second-order valence-electron chi connectivity index (χ2n) is 4.93. The summed E-state index contributed by atoms with van der Waals surface area (Å²) in [5, 5.41) is 19.3. The van der Waals surface area contributed by atoms with Crippen molar-refractivity contribution in [3.05, 3.63) is 77.4 Å². The van der Waals surface area contributed by atoms with Crippen molar-refractivity contribution in [3.63, 3.8) is 0 Å². The second-order valence-corrected chi connectivity index (χ2v) is 5.91. The average molecular weight is 335 g/mol. The van der Waals surface area contributed by atoms with Crippen LogP contribution in [0.2, 0.25) is 0 Å². The first-order chi connectivity index (χ1) is 10.2. The van der Waals surface area contributed by atoms with Crippen molar-refractivity contribution in [1.82, 2.24) is 0 Å². The molecule has 2 atom stereocenters. The molecule has 0 N–H and O–H groups in total. The van der Waals surface area contributed by atoms with E-state index in [-0.39, 0.29) is 4.83 Å². The van der Waals surface area contributed by atoms with Crippen LogP contribution >= 0.6 is 15.9 Å². The minimum Gasteiger partial charge on any atom is -0.197 e. The molecule has 0 fully saturated rings. The topological polar surface area (TPSA) is 47.6 Å². The molecule has 100 valence electrons. The molecule has 0 heterocycles. The number of alkyl halides is 1. The maximum atomic E-state index is 9.98. The summed E-state index contributed by atoms with van der Waals surface area (Å²) in [5.41, 5.74) is 2.42. The maximum absolute atomic E-state index is 9.98. The van der Waals surface area contributed by atoms with Crippen molar-refractivity contribution in [1.29, 1.82) is 10.5 Å². The van der Waals surface area contributed by atoms with Crippen molar-refractivity contribution in [3.8, 4) is 12.1 Å². The number of hydrogen-bond donors (Lipinski definition) is 0. The molecular weight excluding hydrogens is 324 g/mol. The molecule has 0 amide bonds. The SMILES string of the molecule is N#CC1=CC(Br)C(C#N)(c2ccccc2)c2ccccc21. The quantitative estimate of drug-likeness (QED) is 0.734. The van der Waals surface area contributed by atoms with Gasteiger partial charge in [-0.15, -0.1) is 0 Å². The molecule has 3 heteroatoms. The summed E-state index contributed by atoms with van der Waals surface area (Å²) >= 11 is 3.61. The Balaban J connectivity index is 2.36. The Kier molecular flexibility index (Phi) is 3.37. The molecule has 21 heavy (non-hydrogen) atoms. The molecule has 2 unspecified atom stereocenters. The summed E-state index contributed by atoms with van der Waals surface area (Å²) < 4.78 is 0. The van der Waals surface area contributed by atoms with Gasteiger partial charge >= 0.3 is 0 Å². The third-order valence-electron chi connectivity index (χ3n) is 3.89. The first-order valence-corrected chi connectivity index (χ1v) is 7.48. The standard InChI is InChI=1S/C18H11BrN2/c19-17-10-13(11-20)15-8-4-5-9-16(15)18(17,12-21)14-6-2-1-3-7-14/h1-10,17H. The van der Waals surface area contributed by atoms with E-state index in [1.54, 1.807) is 0 Å². The van der Waals surface area contributed by atoms with Crippen LogP contribution in [0, 0.1) is 22.7 Å². The van der Waals surface area contributed by atoms with Gasteiger partial charge in [0.15, 0.2) is 0 Å². The highest BCUT2D eigenvalue weighted by atomic mass is 79.9. The molecule has 2 aromatic carbocycles. The molecular formula is C18H11BrN2. The second kappa shape index (κ2) is 5.20. The number of hydrogen-bond acceptors (Lipinski definition) is 2. The van der Waals surface area contributed by atoms with Gasteiger partial charge in [0, 0.05) is 0 Å². The Morgan fingerprint density at radius 1 is 0.952 bits per heavy atom. The Morgan fingerprint density at radius 3 is 2.29 bits per heavy atom. The van der Waals surface area contributed by atoms with Gasteiger partial charge in [-0.3, -0.25) is 0 Å². The molecule has 0 aromatic heterocycles. The lowest BCUT2D eigenvalue weighted by Gasteiger charge is -2.36. The van der Waals surface area contributed by atoms with Crippen molar-refractivity contribution < 1.29 is 0 Å². The Hall–Kier alpha value is -2.36. The highest BCUT2D eigenvalue weighted by Gasteiger charge is 2.45. The van der Waals surface area contributed by atoms with Crippen LogP contribution in [0.4, 0.5) is 0 Å². The van der Waals surface area contributed by atoms with Gasteiger partial charge in [-0.1, -0.05) is 76.6 Å². The zero-order valence-corrected chi connectivity index (χ0v) is 12.7. The average Bonchev–Trinajstić information content (AvgIpc) is 2.55. The molecule has 1 aliphatic rings. The number of fused-ring (bicyclic) bond motifs is 1. The van der Waals surface area contributed by atoms with Gasteiger partial charge in [0.2, 0.25) is 0 Å². The number of rotatable bonds is 1. The van der Waals surface area contributed by atoms with E-state index in [0.29, 0.717) is 5.57 Å². The summed E-state index contributed by atoms with van der Waals surface area (Å²) in [6, 6.07) is 22.1. The predicted molar refractivity (Wildman–Crippen MR) is 85.6 cm³/mol. The van der Waals surface area contributed by atoms with Crippen LogP contribution in [-0.2, 0) is 5.41 Å². The minimum absolute atomic E-state index is 0.248. The zero-order chi connectivity index (χ0) is 14.9. The highest BCUT2D eigenvalue weighted by Crippen LogP contribution is 2.46. The lowest BCUT2D eigenvalue weighted by atomic mass is 9.67. The maximum Gasteiger partial charge on any atom is 0.124 e. The number of nitrogens with zero attached hydrogens (tertiary/aromatic N) is 2. The fourth-order valence-corrected chi connectivity index (χ4v) is 3.75. The summed E-state index contributed by atoms with van der Waals surface area (Å²) in [6.07, 6.45) is 1.83. The Labute approximate surface area is 132 Å². The van der Waals surface area contributed by atoms with Crippen LogP contribution in [0.15, 0.2) is 60.7 Å². The van der Waals surface area contributed by atoms with E-state index < -0.39 is 5.41 Å². The van der Waals surface area contributed by atoms with Crippen molar-refractivity contribution >= 4 is 21.5 Å². The van der Waals surface area contributed by atoms with E-state index in [1.165, 1.54) is 0 Å². The van der Waals surface area contributed by atoms with Crippen LogP contribution in [0.3, 0.4) is 0 Å². The number of allylic oxidation sites excluding steroid dienone is 2. The fraction of sp³-hybridized carbons (Fsp3) is 0.111. The van der Waals surface area contributed by atoms with Crippen LogP contribution in [-0.4, -0.2) is 4.83 Å². The monoisotopic (exact) mass is 334 g/mol. The first-order valence-electron chi connectivity index (χ1n) is 6.56. The van der Waals surface area contributed by atoms with E-state index in [1.807, 2.05) is 60.7 Å². The van der Waals surface area contributed by atoms with Crippen molar-refractivity contribution in [2.75, 3.05) is 0 Å². The third-order valence-corrected chi connectivity index (χ3v) is 4.85. The van der Waals surface area contributed by atoms with E-state index in [2.05, 4.69) is 28.1 Å². The molecule has 0 saturated carbocycles. The molecule has 0 bridgehead atoms. The van der Waals surface area contributed by atoms with E-state index in [9.17, 15) is 10.5 Å². The van der Waals surface area contributed by atoms with Gasteiger partial charge in [-0.2, -0.15) is 10.5 Å². The van der Waals surface area contributed by atoms with E-state index in [4.69, 9.17) is 0 Å². The lowest BCUT2D eigenvalue weighted by Crippen LogP contribution is -2.38. The number of halogens is 1. The summed E-state index contributed by atoms with van der Waals surface area (Å²) in [5.74, 6) is 0. The van der Waals surface area contributed by atoms with Gasteiger partial charge in [-0.05, 0) is 16.7 Å². The van der Waals surface area contributed by atoms with Crippen LogP contribution in [0.1, 0.15) is 16.7 Å². The van der Waals surface area contributed by atoms with Crippen LogP contribution < -0.4 is 0 Å². The van der Waals surface area contributed by atoms with Crippen LogP contribution in [0.25, 0.3) is 5.57 Å². The van der Waals surface area contributed by atoms with Gasteiger partial charge in [0.05, 0.1) is 22.5 Å². The van der Waals surface area contributed by atoms with E-state index in [0.717, 1.165) is 16.7 Å². The van der Waals surface area contributed by atoms with E-state index >= 15 is 0 Å². The highest BCUT2D eigenvalue weighted by molar-refractivity contribution is 9.09. The summed E-state index contributed by atoms with van der Waals surface area (Å²) in [6.45, 7) is 0. The molecule has 0 radical (unpaired) electrons. The molecule has 1 aliphatic carbocycles. The Bertz CT molecular complexity index is 796. The molecule has 0 aliphatic heterocycles. The number of nitriles is 2. The van der Waals surface area contributed by atoms with Gasteiger partial charge < -0.3 is 0 Å². The fourth-order valence-electron chi connectivity index (χ4n) is 2.87. The predicted octanol–water partition coefficient (Wildman–Crippen LogP) is 4.18. The Morgan fingerprint density at radius 2 is 1.62 bits per heavy atom. The summed E-state index contributed by atoms with van der Waals surface area (Å²) in [7, 11) is 0. The van der Waals surface area contributed by atoms with Crippen molar-refractivity contribution in [2.24, 2.45) is 0 Å². The minimum atomic E-state index is -0.821. The van der Waals surface area contributed by atoms with Gasteiger partial charge in [-0.25, -0.2) is 0 Å².